The number of fused-ring (bicyclic) bond motifs is 1. The van der Waals surface area contributed by atoms with E-state index in [2.05, 4.69) is 15.9 Å². The summed E-state index contributed by atoms with van der Waals surface area (Å²) < 4.78 is 5.47. The lowest BCUT2D eigenvalue weighted by molar-refractivity contribution is 0.214. The molecule has 0 saturated carbocycles. The van der Waals surface area contributed by atoms with E-state index in [-0.39, 0.29) is 0 Å². The van der Waals surface area contributed by atoms with E-state index in [1.54, 1.807) is 7.11 Å². The second-order valence-electron chi connectivity index (χ2n) is 5.99. The number of nitrogens with zero attached hydrogens (tertiary/aromatic N) is 2. The number of ether oxygens (including phenoxy) is 1. The maximum atomic E-state index is 5.83. The van der Waals surface area contributed by atoms with E-state index in [9.17, 15) is 0 Å². The first kappa shape index (κ1) is 13.7. The standard InChI is InChI=1S/C16H25N3O/c1-20-16-10-14(17)6-5-13(16)11-18-7-3-9-19-8-2-4-15(19)12-18/h5-6,10,15H,2-4,7-9,11-12,17H2,1H3. The van der Waals surface area contributed by atoms with Gasteiger partial charge in [0.2, 0.25) is 0 Å². The third-order valence-corrected chi connectivity index (χ3v) is 4.59. The summed E-state index contributed by atoms with van der Waals surface area (Å²) >= 11 is 0. The van der Waals surface area contributed by atoms with Crippen LogP contribution in [0.3, 0.4) is 0 Å². The number of nitrogen functional groups attached to an aromatic ring is 1. The van der Waals surface area contributed by atoms with Crippen LogP contribution in [0, 0.1) is 0 Å². The zero-order chi connectivity index (χ0) is 13.9. The van der Waals surface area contributed by atoms with Crippen LogP contribution in [0.15, 0.2) is 18.2 Å². The zero-order valence-electron chi connectivity index (χ0n) is 12.3. The molecule has 2 heterocycles. The van der Waals surface area contributed by atoms with Gasteiger partial charge >= 0.3 is 0 Å². The molecule has 0 aliphatic carbocycles. The van der Waals surface area contributed by atoms with Crippen molar-refractivity contribution < 1.29 is 4.74 Å². The second kappa shape index (κ2) is 6.02. The van der Waals surface area contributed by atoms with Crippen LogP contribution in [0.2, 0.25) is 0 Å². The Morgan fingerprint density at radius 1 is 1.25 bits per heavy atom. The van der Waals surface area contributed by atoms with Gasteiger partial charge in [-0.05, 0) is 45.0 Å². The highest BCUT2D eigenvalue weighted by Crippen LogP contribution is 2.26. The van der Waals surface area contributed by atoms with Gasteiger partial charge in [-0.15, -0.1) is 0 Å². The van der Waals surface area contributed by atoms with Crippen LogP contribution in [0.5, 0.6) is 5.75 Å². The number of nitrogens with two attached hydrogens (primary N) is 1. The van der Waals surface area contributed by atoms with Crippen LogP contribution in [0.25, 0.3) is 0 Å². The Morgan fingerprint density at radius 2 is 2.10 bits per heavy atom. The summed E-state index contributed by atoms with van der Waals surface area (Å²) in [6.07, 6.45) is 3.99. The lowest BCUT2D eigenvalue weighted by Gasteiger charge is -2.26. The van der Waals surface area contributed by atoms with Crippen molar-refractivity contribution in [3.05, 3.63) is 23.8 Å². The molecule has 0 amide bonds. The van der Waals surface area contributed by atoms with Crippen LogP contribution in [-0.4, -0.2) is 49.1 Å². The molecule has 2 fully saturated rings. The molecule has 0 bridgehead atoms. The van der Waals surface area contributed by atoms with Crippen molar-refractivity contribution in [2.45, 2.75) is 31.8 Å². The number of rotatable bonds is 3. The van der Waals surface area contributed by atoms with Crippen LogP contribution in [0.4, 0.5) is 5.69 Å². The second-order valence-corrected chi connectivity index (χ2v) is 5.99. The lowest BCUT2D eigenvalue weighted by atomic mass is 10.1. The third-order valence-electron chi connectivity index (χ3n) is 4.59. The summed E-state index contributed by atoms with van der Waals surface area (Å²) in [6, 6.07) is 6.76. The smallest absolute Gasteiger partial charge is 0.125 e. The Balaban J connectivity index is 1.70. The lowest BCUT2D eigenvalue weighted by Crippen LogP contribution is -2.36. The van der Waals surface area contributed by atoms with E-state index in [1.165, 1.54) is 51.0 Å². The quantitative estimate of drug-likeness (QED) is 0.856. The van der Waals surface area contributed by atoms with E-state index in [4.69, 9.17) is 10.5 Å². The third kappa shape index (κ3) is 2.91. The molecular formula is C16H25N3O. The summed E-state index contributed by atoms with van der Waals surface area (Å²) in [5.74, 6) is 0.914. The molecule has 2 aliphatic rings. The molecule has 3 rings (SSSR count). The summed E-state index contributed by atoms with van der Waals surface area (Å²) in [5.41, 5.74) is 7.84. The maximum Gasteiger partial charge on any atom is 0.125 e. The average Bonchev–Trinajstić information content (AvgIpc) is 2.79. The molecule has 1 unspecified atom stereocenters. The molecule has 0 radical (unpaired) electrons. The topological polar surface area (TPSA) is 41.7 Å². The maximum absolute atomic E-state index is 5.83. The Hall–Kier alpha value is -1.26. The first-order chi connectivity index (χ1) is 9.76. The highest BCUT2D eigenvalue weighted by molar-refractivity contribution is 5.48. The summed E-state index contributed by atoms with van der Waals surface area (Å²) in [4.78, 5) is 5.24. The predicted molar refractivity (Wildman–Crippen MR) is 81.9 cm³/mol. The molecule has 1 atom stereocenters. The minimum atomic E-state index is 0.761. The van der Waals surface area contributed by atoms with Gasteiger partial charge in [0.05, 0.1) is 7.11 Å². The summed E-state index contributed by atoms with van der Waals surface area (Å²) in [5, 5.41) is 0. The molecule has 2 saturated heterocycles. The molecule has 110 valence electrons. The van der Waals surface area contributed by atoms with Crippen molar-refractivity contribution in [2.75, 3.05) is 39.0 Å². The molecule has 4 nitrogen and oxygen atoms in total. The molecule has 2 aliphatic heterocycles. The molecule has 1 aromatic rings. The van der Waals surface area contributed by atoms with Crippen molar-refractivity contribution in [3.8, 4) is 5.75 Å². The number of anilines is 1. The predicted octanol–water partition coefficient (Wildman–Crippen LogP) is 1.95. The van der Waals surface area contributed by atoms with Gasteiger partial charge in [-0.1, -0.05) is 6.07 Å². The van der Waals surface area contributed by atoms with Crippen LogP contribution in [0.1, 0.15) is 24.8 Å². The fourth-order valence-electron chi connectivity index (χ4n) is 3.56. The van der Waals surface area contributed by atoms with Gasteiger partial charge in [0, 0.05) is 36.4 Å². The number of methoxy groups -OCH3 is 1. The fraction of sp³-hybridized carbons (Fsp3) is 0.625. The van der Waals surface area contributed by atoms with E-state index >= 15 is 0 Å². The largest absolute Gasteiger partial charge is 0.496 e. The Kier molecular flexibility index (Phi) is 4.13. The van der Waals surface area contributed by atoms with Gasteiger partial charge in [0.25, 0.3) is 0 Å². The Bertz CT molecular complexity index is 463. The highest BCUT2D eigenvalue weighted by atomic mass is 16.5. The molecule has 1 aromatic carbocycles. The van der Waals surface area contributed by atoms with E-state index < -0.39 is 0 Å². The molecule has 2 N–H and O–H groups in total. The first-order valence-electron chi connectivity index (χ1n) is 7.65. The van der Waals surface area contributed by atoms with E-state index in [0.29, 0.717) is 0 Å². The molecular weight excluding hydrogens is 250 g/mol. The van der Waals surface area contributed by atoms with Crippen molar-refractivity contribution in [2.24, 2.45) is 0 Å². The monoisotopic (exact) mass is 275 g/mol. The van der Waals surface area contributed by atoms with Gasteiger partial charge in [0.15, 0.2) is 0 Å². The minimum Gasteiger partial charge on any atom is -0.496 e. The first-order valence-corrected chi connectivity index (χ1v) is 7.65. The number of hydrogen-bond donors (Lipinski definition) is 1. The van der Waals surface area contributed by atoms with Gasteiger partial charge in [-0.25, -0.2) is 0 Å². The van der Waals surface area contributed by atoms with Gasteiger partial charge in [-0.3, -0.25) is 9.80 Å². The summed E-state index contributed by atoms with van der Waals surface area (Å²) in [7, 11) is 1.72. The van der Waals surface area contributed by atoms with Gasteiger partial charge in [-0.2, -0.15) is 0 Å². The van der Waals surface area contributed by atoms with Crippen LogP contribution >= 0.6 is 0 Å². The van der Waals surface area contributed by atoms with E-state index in [0.717, 1.165) is 24.0 Å². The normalized spacial score (nSPS) is 24.4. The highest BCUT2D eigenvalue weighted by Gasteiger charge is 2.28. The van der Waals surface area contributed by atoms with Gasteiger partial charge in [0.1, 0.15) is 5.75 Å². The van der Waals surface area contributed by atoms with Crippen LogP contribution in [-0.2, 0) is 6.54 Å². The average molecular weight is 275 g/mol. The number of hydrogen-bond acceptors (Lipinski definition) is 4. The SMILES string of the molecule is COc1cc(N)ccc1CN1CCCN2CCCC2C1. The van der Waals surface area contributed by atoms with Crippen LogP contribution < -0.4 is 10.5 Å². The van der Waals surface area contributed by atoms with Crippen molar-refractivity contribution in [3.63, 3.8) is 0 Å². The van der Waals surface area contributed by atoms with E-state index in [1.807, 2.05) is 12.1 Å². The fourth-order valence-corrected chi connectivity index (χ4v) is 3.56. The Labute approximate surface area is 121 Å². The minimum absolute atomic E-state index is 0.761. The molecule has 20 heavy (non-hydrogen) atoms. The number of benzene rings is 1. The molecule has 0 spiro atoms. The van der Waals surface area contributed by atoms with Gasteiger partial charge < -0.3 is 10.5 Å². The molecule has 0 aromatic heterocycles. The van der Waals surface area contributed by atoms with Crippen molar-refractivity contribution >= 4 is 5.69 Å². The summed E-state index contributed by atoms with van der Waals surface area (Å²) in [6.45, 7) is 5.89. The zero-order valence-corrected chi connectivity index (χ0v) is 12.3. The molecule has 4 heteroatoms. The van der Waals surface area contributed by atoms with Crippen molar-refractivity contribution in [1.29, 1.82) is 0 Å². The Morgan fingerprint density at radius 3 is 2.95 bits per heavy atom. The van der Waals surface area contributed by atoms with Crippen molar-refractivity contribution in [1.82, 2.24) is 9.80 Å².